The van der Waals surface area contributed by atoms with E-state index in [1.807, 2.05) is 61.1 Å². The number of hydrogen-bond donors (Lipinski definition) is 1. The molecule has 4 aromatic rings. The lowest BCUT2D eigenvalue weighted by Crippen LogP contribution is -2.35. The summed E-state index contributed by atoms with van der Waals surface area (Å²) in [6.45, 7) is 8.50. The van der Waals surface area contributed by atoms with Gasteiger partial charge in [0.15, 0.2) is 5.65 Å². The molecule has 1 N–H and O–H groups in total. The fraction of sp³-hybridized carbons (Fsp3) is 0.321. The van der Waals surface area contributed by atoms with Gasteiger partial charge in [0.1, 0.15) is 0 Å². The van der Waals surface area contributed by atoms with Crippen LogP contribution in [0.15, 0.2) is 67.0 Å². The van der Waals surface area contributed by atoms with Crippen molar-refractivity contribution in [3.63, 3.8) is 0 Å². The van der Waals surface area contributed by atoms with Crippen LogP contribution in [0.5, 0.6) is 0 Å². The fourth-order valence-electron chi connectivity index (χ4n) is 4.51. The number of amides is 1. The van der Waals surface area contributed by atoms with E-state index < -0.39 is 0 Å². The third-order valence-electron chi connectivity index (χ3n) is 6.18. The number of benzene rings is 2. The summed E-state index contributed by atoms with van der Waals surface area (Å²) in [5.74, 6) is 0.336. The molecule has 1 aliphatic rings. The molecule has 3 heterocycles. The predicted molar refractivity (Wildman–Crippen MR) is 138 cm³/mol. The van der Waals surface area contributed by atoms with E-state index in [1.165, 1.54) is 5.56 Å². The Bertz CT molecular complexity index is 1320. The molecule has 7 heteroatoms. The Morgan fingerprint density at radius 1 is 1.06 bits per heavy atom. The Hall–Kier alpha value is -3.55. The molecule has 35 heavy (non-hydrogen) atoms. The van der Waals surface area contributed by atoms with Gasteiger partial charge in [-0.1, -0.05) is 44.2 Å². The third-order valence-corrected chi connectivity index (χ3v) is 6.18. The summed E-state index contributed by atoms with van der Waals surface area (Å²) >= 11 is 0. The van der Waals surface area contributed by atoms with Crippen LogP contribution < -0.4 is 5.32 Å². The smallest absolute Gasteiger partial charge is 0.224 e. The lowest BCUT2D eigenvalue weighted by molar-refractivity contribution is -0.116. The average Bonchev–Trinajstić information content (AvgIpc) is 3.29. The second kappa shape index (κ2) is 10.4. The Kier molecular flexibility index (Phi) is 6.88. The highest BCUT2D eigenvalue weighted by molar-refractivity contribution is 5.91. The van der Waals surface area contributed by atoms with Crippen molar-refractivity contribution < 1.29 is 9.53 Å². The minimum atomic E-state index is 0.0235. The van der Waals surface area contributed by atoms with E-state index in [2.05, 4.69) is 44.6 Å². The molecule has 1 aliphatic heterocycles. The third kappa shape index (κ3) is 5.42. The Morgan fingerprint density at radius 3 is 2.69 bits per heavy atom. The van der Waals surface area contributed by atoms with Crippen LogP contribution in [-0.2, 0) is 16.1 Å². The van der Waals surface area contributed by atoms with Crippen LogP contribution >= 0.6 is 0 Å². The van der Waals surface area contributed by atoms with Crippen molar-refractivity contribution >= 4 is 17.2 Å². The van der Waals surface area contributed by atoms with Crippen molar-refractivity contribution in [2.75, 3.05) is 31.6 Å². The highest BCUT2D eigenvalue weighted by Crippen LogP contribution is 2.29. The molecule has 0 spiro atoms. The van der Waals surface area contributed by atoms with Crippen molar-refractivity contribution in [2.24, 2.45) is 5.92 Å². The molecule has 0 aliphatic carbocycles. The van der Waals surface area contributed by atoms with Crippen molar-refractivity contribution in [2.45, 2.75) is 26.8 Å². The first-order valence-corrected chi connectivity index (χ1v) is 12.2. The zero-order chi connectivity index (χ0) is 24.2. The van der Waals surface area contributed by atoms with Crippen molar-refractivity contribution in [3.8, 4) is 22.4 Å². The molecule has 1 saturated heterocycles. The molecular formula is C28H31N5O2. The number of hydrogen-bond acceptors (Lipinski definition) is 5. The molecule has 180 valence electrons. The topological polar surface area (TPSA) is 71.8 Å². The number of fused-ring (bicyclic) bond motifs is 1. The lowest BCUT2D eigenvalue weighted by atomic mass is 10.0. The average molecular weight is 470 g/mol. The van der Waals surface area contributed by atoms with Gasteiger partial charge < -0.3 is 10.1 Å². The number of carbonyl (C=O) groups excluding carboxylic acids is 1. The Labute approximate surface area is 205 Å². The SMILES string of the molecule is CC(C)CC(=O)Nc1cccc(-c2ccnc3c(-c4cccc(CN5CCOCC5)c4)cnn23)c1. The molecule has 1 fully saturated rings. The molecule has 5 rings (SSSR count). The second-order valence-corrected chi connectivity index (χ2v) is 9.44. The zero-order valence-electron chi connectivity index (χ0n) is 20.3. The summed E-state index contributed by atoms with van der Waals surface area (Å²) in [4.78, 5) is 19.3. The number of aromatic nitrogens is 3. The van der Waals surface area contributed by atoms with Gasteiger partial charge in [-0.25, -0.2) is 9.50 Å². The molecular weight excluding hydrogens is 438 g/mol. The van der Waals surface area contributed by atoms with Crippen LogP contribution in [0.1, 0.15) is 25.8 Å². The minimum absolute atomic E-state index is 0.0235. The Balaban J connectivity index is 1.43. The first-order chi connectivity index (χ1) is 17.1. The van der Waals surface area contributed by atoms with Gasteiger partial charge in [-0.2, -0.15) is 5.10 Å². The zero-order valence-corrected chi connectivity index (χ0v) is 20.3. The second-order valence-electron chi connectivity index (χ2n) is 9.44. The van der Waals surface area contributed by atoms with Gasteiger partial charge in [0, 0.05) is 49.1 Å². The van der Waals surface area contributed by atoms with E-state index in [4.69, 9.17) is 4.74 Å². The molecule has 2 aromatic heterocycles. The van der Waals surface area contributed by atoms with E-state index in [0.29, 0.717) is 12.3 Å². The molecule has 0 radical (unpaired) electrons. The summed E-state index contributed by atoms with van der Waals surface area (Å²) in [6, 6.07) is 18.4. The van der Waals surface area contributed by atoms with Gasteiger partial charge in [0.05, 0.1) is 25.1 Å². The van der Waals surface area contributed by atoms with Gasteiger partial charge in [-0.05, 0) is 41.3 Å². The van der Waals surface area contributed by atoms with E-state index in [-0.39, 0.29) is 5.91 Å². The molecule has 0 saturated carbocycles. The molecule has 0 atom stereocenters. The largest absolute Gasteiger partial charge is 0.379 e. The summed E-state index contributed by atoms with van der Waals surface area (Å²) in [5, 5.41) is 7.69. The maximum absolute atomic E-state index is 12.2. The molecule has 0 unspecified atom stereocenters. The summed E-state index contributed by atoms with van der Waals surface area (Å²) in [7, 11) is 0. The molecule has 2 aromatic carbocycles. The first-order valence-electron chi connectivity index (χ1n) is 12.2. The quantitative estimate of drug-likeness (QED) is 0.418. The number of rotatable bonds is 7. The number of morpholine rings is 1. The number of anilines is 1. The summed E-state index contributed by atoms with van der Waals surface area (Å²) in [5.41, 5.74) is 6.84. The fourth-order valence-corrected chi connectivity index (χ4v) is 4.51. The lowest BCUT2D eigenvalue weighted by Gasteiger charge is -2.26. The van der Waals surface area contributed by atoms with Crippen LogP contribution in [0.3, 0.4) is 0 Å². The van der Waals surface area contributed by atoms with Gasteiger partial charge in [0.2, 0.25) is 5.91 Å². The van der Waals surface area contributed by atoms with Crippen LogP contribution in [0.2, 0.25) is 0 Å². The molecule has 1 amide bonds. The number of carbonyl (C=O) groups is 1. The summed E-state index contributed by atoms with van der Waals surface area (Å²) in [6.07, 6.45) is 4.20. The maximum atomic E-state index is 12.2. The van der Waals surface area contributed by atoms with E-state index in [9.17, 15) is 4.79 Å². The van der Waals surface area contributed by atoms with Crippen molar-refractivity contribution in [3.05, 3.63) is 72.6 Å². The van der Waals surface area contributed by atoms with Gasteiger partial charge >= 0.3 is 0 Å². The van der Waals surface area contributed by atoms with Crippen molar-refractivity contribution in [1.82, 2.24) is 19.5 Å². The minimum Gasteiger partial charge on any atom is -0.379 e. The highest BCUT2D eigenvalue weighted by Gasteiger charge is 2.15. The molecule has 0 bridgehead atoms. The van der Waals surface area contributed by atoms with Crippen LogP contribution in [0.4, 0.5) is 5.69 Å². The molecule has 7 nitrogen and oxygen atoms in total. The van der Waals surface area contributed by atoms with E-state index in [1.54, 1.807) is 0 Å². The monoisotopic (exact) mass is 469 g/mol. The van der Waals surface area contributed by atoms with Crippen LogP contribution in [0.25, 0.3) is 28.0 Å². The number of ether oxygens (including phenoxy) is 1. The van der Waals surface area contributed by atoms with Crippen LogP contribution in [0, 0.1) is 5.92 Å². The van der Waals surface area contributed by atoms with Crippen LogP contribution in [-0.4, -0.2) is 51.7 Å². The van der Waals surface area contributed by atoms with E-state index >= 15 is 0 Å². The van der Waals surface area contributed by atoms with Gasteiger partial charge in [-0.15, -0.1) is 0 Å². The number of nitrogens with one attached hydrogen (secondary N) is 1. The highest BCUT2D eigenvalue weighted by atomic mass is 16.5. The normalized spacial score (nSPS) is 14.5. The predicted octanol–water partition coefficient (Wildman–Crippen LogP) is 4.88. The van der Waals surface area contributed by atoms with Gasteiger partial charge in [0.25, 0.3) is 0 Å². The maximum Gasteiger partial charge on any atom is 0.224 e. The Morgan fingerprint density at radius 2 is 1.86 bits per heavy atom. The van der Waals surface area contributed by atoms with E-state index in [0.717, 1.165) is 66.6 Å². The standard InChI is InChI=1S/C28H31N5O2/c1-20(2)15-27(34)31-24-8-4-7-23(17-24)26-9-10-29-28-25(18-30-33(26)28)22-6-3-5-21(16-22)19-32-11-13-35-14-12-32/h3-10,16-18,20H,11-15,19H2,1-2H3,(H,31,34). The first kappa shape index (κ1) is 23.2. The number of nitrogens with zero attached hydrogens (tertiary/aromatic N) is 4. The summed E-state index contributed by atoms with van der Waals surface area (Å²) < 4.78 is 7.35. The van der Waals surface area contributed by atoms with Gasteiger partial charge in [-0.3, -0.25) is 9.69 Å². The van der Waals surface area contributed by atoms with Crippen molar-refractivity contribution in [1.29, 1.82) is 0 Å².